The molecule has 0 spiro atoms. The van der Waals surface area contributed by atoms with Gasteiger partial charge in [0.25, 0.3) is 0 Å². The first-order valence-electron chi connectivity index (χ1n) is 10.6. The molecule has 0 aliphatic carbocycles. The zero-order valence-electron chi connectivity index (χ0n) is 18.0. The molecule has 3 rings (SSSR count). The fourth-order valence-corrected chi connectivity index (χ4v) is 4.26. The summed E-state index contributed by atoms with van der Waals surface area (Å²) in [7, 11) is 0. The van der Waals surface area contributed by atoms with E-state index in [9.17, 15) is 4.39 Å². The van der Waals surface area contributed by atoms with Gasteiger partial charge < -0.3 is 15.4 Å². The normalized spacial score (nSPS) is 16.6. The highest BCUT2D eigenvalue weighted by molar-refractivity contribution is 7.09. The van der Waals surface area contributed by atoms with Gasteiger partial charge in [0, 0.05) is 31.6 Å². The van der Waals surface area contributed by atoms with E-state index in [2.05, 4.69) is 46.7 Å². The largest absolute Gasteiger partial charge is 0.379 e. The number of aliphatic imine (C=N–C) groups is 1. The lowest BCUT2D eigenvalue weighted by Crippen LogP contribution is -2.46. The van der Waals surface area contributed by atoms with Crippen molar-refractivity contribution in [1.29, 1.82) is 0 Å². The molecule has 6 nitrogen and oxygen atoms in total. The maximum absolute atomic E-state index is 13.4. The summed E-state index contributed by atoms with van der Waals surface area (Å²) < 4.78 is 18.9. The van der Waals surface area contributed by atoms with Gasteiger partial charge in [0.1, 0.15) is 10.8 Å². The first kappa shape index (κ1) is 22.7. The average molecular weight is 434 g/mol. The van der Waals surface area contributed by atoms with E-state index in [4.69, 9.17) is 9.73 Å². The van der Waals surface area contributed by atoms with Gasteiger partial charge in [-0.2, -0.15) is 0 Å². The molecule has 0 radical (unpaired) electrons. The number of hydrogen-bond donors (Lipinski definition) is 2. The molecule has 1 atom stereocenters. The number of thiazole rings is 1. The van der Waals surface area contributed by atoms with Gasteiger partial charge in [0.05, 0.1) is 31.5 Å². The quantitative estimate of drug-likeness (QED) is 0.493. The molecule has 30 heavy (non-hydrogen) atoms. The summed E-state index contributed by atoms with van der Waals surface area (Å²) in [6.45, 7) is 11.5. The summed E-state index contributed by atoms with van der Waals surface area (Å²) in [4.78, 5) is 11.8. The second kappa shape index (κ2) is 11.4. The van der Waals surface area contributed by atoms with Crippen molar-refractivity contribution < 1.29 is 9.13 Å². The van der Waals surface area contributed by atoms with Crippen LogP contribution in [0.2, 0.25) is 0 Å². The molecule has 0 saturated carbocycles. The first-order chi connectivity index (χ1) is 14.6. The van der Waals surface area contributed by atoms with Crippen molar-refractivity contribution in [2.24, 2.45) is 4.99 Å². The monoisotopic (exact) mass is 433 g/mol. The van der Waals surface area contributed by atoms with Crippen LogP contribution in [0.25, 0.3) is 0 Å². The Kier molecular flexibility index (Phi) is 8.60. The number of nitrogens with zero attached hydrogens (tertiary/aromatic N) is 3. The molecule has 2 heterocycles. The van der Waals surface area contributed by atoms with E-state index < -0.39 is 0 Å². The predicted molar refractivity (Wildman–Crippen MR) is 121 cm³/mol. The number of benzene rings is 1. The minimum absolute atomic E-state index is 0.116. The van der Waals surface area contributed by atoms with Gasteiger partial charge in [-0.15, -0.1) is 11.3 Å². The molecule has 1 aliphatic rings. The molecule has 1 unspecified atom stereocenters. The number of aromatic nitrogens is 1. The number of rotatable bonds is 8. The molecule has 1 aromatic carbocycles. The van der Waals surface area contributed by atoms with Gasteiger partial charge in [-0.25, -0.2) is 14.4 Å². The molecular formula is C22H32FN5OS. The second-order valence-electron chi connectivity index (χ2n) is 7.61. The molecule has 1 saturated heterocycles. The lowest BCUT2D eigenvalue weighted by Gasteiger charge is -2.35. The number of hydrogen-bond acceptors (Lipinski definition) is 5. The second-order valence-corrected chi connectivity index (χ2v) is 8.56. The van der Waals surface area contributed by atoms with Crippen LogP contribution in [-0.4, -0.2) is 55.2 Å². The van der Waals surface area contributed by atoms with Gasteiger partial charge in [0.15, 0.2) is 5.96 Å². The van der Waals surface area contributed by atoms with E-state index in [0.29, 0.717) is 32.2 Å². The molecule has 2 aromatic rings. The summed E-state index contributed by atoms with van der Waals surface area (Å²) in [6.07, 6.45) is 0. The fourth-order valence-electron chi connectivity index (χ4n) is 3.38. The topological polar surface area (TPSA) is 61.8 Å². The van der Waals surface area contributed by atoms with Crippen LogP contribution in [0.5, 0.6) is 0 Å². The van der Waals surface area contributed by atoms with Crippen LogP contribution in [0.4, 0.5) is 4.39 Å². The smallest absolute Gasteiger partial charge is 0.191 e. The van der Waals surface area contributed by atoms with Gasteiger partial charge in [0.2, 0.25) is 0 Å². The van der Waals surface area contributed by atoms with E-state index in [0.717, 1.165) is 41.9 Å². The van der Waals surface area contributed by atoms with Crippen LogP contribution in [0, 0.1) is 5.82 Å². The molecule has 0 bridgehead atoms. The molecule has 2 N–H and O–H groups in total. The van der Waals surface area contributed by atoms with Crippen LogP contribution in [0.1, 0.15) is 49.0 Å². The molecule has 164 valence electrons. The van der Waals surface area contributed by atoms with Gasteiger partial charge in [-0.05, 0) is 30.5 Å². The number of ether oxygens (including phenoxy) is 1. The van der Waals surface area contributed by atoms with Crippen molar-refractivity contribution in [3.05, 3.63) is 51.7 Å². The molecule has 1 fully saturated rings. The van der Waals surface area contributed by atoms with Gasteiger partial charge >= 0.3 is 0 Å². The van der Waals surface area contributed by atoms with Gasteiger partial charge in [-0.3, -0.25) is 4.90 Å². The van der Waals surface area contributed by atoms with Crippen molar-refractivity contribution in [3.63, 3.8) is 0 Å². The van der Waals surface area contributed by atoms with E-state index in [-0.39, 0.29) is 11.9 Å². The third kappa shape index (κ3) is 6.48. The highest BCUT2D eigenvalue weighted by atomic mass is 32.1. The van der Waals surface area contributed by atoms with E-state index in [1.165, 1.54) is 12.1 Å². The van der Waals surface area contributed by atoms with Crippen LogP contribution in [0.15, 0.2) is 34.6 Å². The number of morpholine rings is 1. The van der Waals surface area contributed by atoms with E-state index >= 15 is 0 Å². The Morgan fingerprint density at radius 1 is 1.23 bits per heavy atom. The summed E-state index contributed by atoms with van der Waals surface area (Å²) in [5, 5.41) is 9.91. The average Bonchev–Trinajstić information content (AvgIpc) is 3.23. The Morgan fingerprint density at radius 2 is 1.97 bits per heavy atom. The molecule has 1 aromatic heterocycles. The Morgan fingerprint density at radius 3 is 2.60 bits per heavy atom. The number of guanidine groups is 1. The van der Waals surface area contributed by atoms with E-state index in [1.807, 2.05) is 12.1 Å². The summed E-state index contributed by atoms with van der Waals surface area (Å²) in [5.41, 5.74) is 2.20. The zero-order chi connectivity index (χ0) is 21.3. The highest BCUT2D eigenvalue weighted by Crippen LogP contribution is 2.22. The Labute approximate surface area is 182 Å². The lowest BCUT2D eigenvalue weighted by molar-refractivity contribution is 0.0170. The SMILES string of the molecule is CCNC(=NCc1nc(C(C)C)cs1)NCC(c1ccc(F)cc1)N1CCOCC1. The van der Waals surface area contributed by atoms with Crippen LogP contribution < -0.4 is 10.6 Å². The third-order valence-corrected chi connectivity index (χ3v) is 5.93. The first-order valence-corrected chi connectivity index (χ1v) is 11.5. The van der Waals surface area contributed by atoms with Crippen LogP contribution >= 0.6 is 11.3 Å². The minimum atomic E-state index is -0.216. The summed E-state index contributed by atoms with van der Waals surface area (Å²) >= 11 is 1.65. The maximum atomic E-state index is 13.4. The van der Waals surface area contributed by atoms with Crippen molar-refractivity contribution in [2.75, 3.05) is 39.4 Å². The molecular weight excluding hydrogens is 401 g/mol. The Hall–Kier alpha value is -2.03. The van der Waals surface area contributed by atoms with Crippen molar-refractivity contribution >= 4 is 17.3 Å². The molecule has 8 heteroatoms. The predicted octanol–water partition coefficient (Wildman–Crippen LogP) is 3.53. The summed E-state index contributed by atoms with van der Waals surface area (Å²) in [5.74, 6) is 0.973. The number of halogens is 1. The Balaban J connectivity index is 1.68. The Bertz CT molecular complexity index is 802. The van der Waals surface area contributed by atoms with Gasteiger partial charge in [-0.1, -0.05) is 26.0 Å². The molecule has 0 amide bonds. The van der Waals surface area contributed by atoms with Crippen molar-refractivity contribution in [3.8, 4) is 0 Å². The third-order valence-electron chi connectivity index (χ3n) is 5.08. The van der Waals surface area contributed by atoms with Crippen LogP contribution in [-0.2, 0) is 11.3 Å². The maximum Gasteiger partial charge on any atom is 0.191 e. The highest BCUT2D eigenvalue weighted by Gasteiger charge is 2.23. The number of nitrogens with one attached hydrogen (secondary N) is 2. The molecule has 1 aliphatic heterocycles. The van der Waals surface area contributed by atoms with Crippen LogP contribution in [0.3, 0.4) is 0 Å². The summed E-state index contributed by atoms with van der Waals surface area (Å²) in [6, 6.07) is 6.90. The standard InChI is InChI=1S/C22H32FN5OS/c1-4-24-22(26-14-21-27-19(15-30-21)16(2)3)25-13-20(28-9-11-29-12-10-28)17-5-7-18(23)8-6-17/h5-8,15-16,20H,4,9-14H2,1-3H3,(H2,24,25,26). The lowest BCUT2D eigenvalue weighted by atomic mass is 10.0. The van der Waals surface area contributed by atoms with Crippen molar-refractivity contribution in [2.45, 2.75) is 39.3 Å². The zero-order valence-corrected chi connectivity index (χ0v) is 18.8. The minimum Gasteiger partial charge on any atom is -0.379 e. The van der Waals surface area contributed by atoms with Crippen molar-refractivity contribution in [1.82, 2.24) is 20.5 Å². The van der Waals surface area contributed by atoms with E-state index in [1.54, 1.807) is 11.3 Å². The fraction of sp³-hybridized carbons (Fsp3) is 0.545.